The molecule has 28 heavy (non-hydrogen) atoms. The molecule has 0 radical (unpaired) electrons. The van der Waals surface area contributed by atoms with E-state index in [-0.39, 0.29) is 17.6 Å². The third kappa shape index (κ3) is 3.77. The van der Waals surface area contributed by atoms with Crippen LogP contribution >= 0.6 is 0 Å². The van der Waals surface area contributed by atoms with Crippen LogP contribution in [0.2, 0.25) is 0 Å². The summed E-state index contributed by atoms with van der Waals surface area (Å²) in [5, 5.41) is 2.76. The summed E-state index contributed by atoms with van der Waals surface area (Å²) >= 11 is 0. The summed E-state index contributed by atoms with van der Waals surface area (Å²) < 4.78 is 37.9. The molecule has 3 aromatic rings. The Morgan fingerprint density at radius 3 is 2.43 bits per heavy atom. The SMILES string of the molecule is O=C(Nc1ccc2c(c1)OCO2)c1cccc(NS(=O)(=O)c2ccccc2)c1. The molecule has 1 aliphatic rings. The lowest BCUT2D eigenvalue weighted by molar-refractivity contribution is 0.102. The second-order valence-electron chi connectivity index (χ2n) is 6.02. The van der Waals surface area contributed by atoms with Crippen LogP contribution in [0, 0.1) is 0 Å². The van der Waals surface area contributed by atoms with E-state index in [0.29, 0.717) is 28.4 Å². The first-order valence-corrected chi connectivity index (χ1v) is 9.88. The van der Waals surface area contributed by atoms with Gasteiger partial charge in [0.05, 0.1) is 4.90 Å². The molecule has 0 atom stereocenters. The van der Waals surface area contributed by atoms with E-state index < -0.39 is 10.0 Å². The maximum Gasteiger partial charge on any atom is 0.261 e. The first-order valence-electron chi connectivity index (χ1n) is 8.40. The van der Waals surface area contributed by atoms with E-state index in [1.165, 1.54) is 18.2 Å². The largest absolute Gasteiger partial charge is 0.454 e. The number of fused-ring (bicyclic) bond motifs is 1. The molecule has 0 fully saturated rings. The minimum absolute atomic E-state index is 0.144. The second kappa shape index (κ2) is 7.24. The van der Waals surface area contributed by atoms with Gasteiger partial charge in [-0.2, -0.15) is 0 Å². The number of hydrogen-bond donors (Lipinski definition) is 2. The van der Waals surface area contributed by atoms with Gasteiger partial charge >= 0.3 is 0 Å². The molecule has 3 aromatic carbocycles. The smallest absolute Gasteiger partial charge is 0.261 e. The van der Waals surface area contributed by atoms with Crippen LogP contribution in [0.1, 0.15) is 10.4 Å². The van der Waals surface area contributed by atoms with Gasteiger partial charge in [-0.25, -0.2) is 8.42 Å². The number of hydrogen-bond acceptors (Lipinski definition) is 5. The van der Waals surface area contributed by atoms with Crippen molar-refractivity contribution in [1.29, 1.82) is 0 Å². The number of sulfonamides is 1. The highest BCUT2D eigenvalue weighted by Gasteiger charge is 2.16. The number of carbonyl (C=O) groups is 1. The highest BCUT2D eigenvalue weighted by Crippen LogP contribution is 2.34. The highest BCUT2D eigenvalue weighted by molar-refractivity contribution is 7.92. The van der Waals surface area contributed by atoms with Crippen molar-refractivity contribution in [3.8, 4) is 11.5 Å². The maximum atomic E-state index is 12.5. The number of carbonyl (C=O) groups excluding carboxylic acids is 1. The van der Waals surface area contributed by atoms with E-state index in [9.17, 15) is 13.2 Å². The third-order valence-electron chi connectivity index (χ3n) is 4.06. The Kier molecular flexibility index (Phi) is 4.62. The molecule has 2 N–H and O–H groups in total. The predicted octanol–water partition coefficient (Wildman–Crippen LogP) is 3.47. The highest BCUT2D eigenvalue weighted by atomic mass is 32.2. The van der Waals surface area contributed by atoms with Crippen LogP contribution < -0.4 is 19.5 Å². The summed E-state index contributed by atoms with van der Waals surface area (Å²) in [6.07, 6.45) is 0. The summed E-state index contributed by atoms with van der Waals surface area (Å²) in [5.74, 6) is 0.803. The molecule has 8 heteroatoms. The number of benzene rings is 3. The number of ether oxygens (including phenoxy) is 2. The Hall–Kier alpha value is -3.52. The lowest BCUT2D eigenvalue weighted by Crippen LogP contribution is -2.15. The Bertz CT molecular complexity index is 1130. The Balaban J connectivity index is 1.51. The van der Waals surface area contributed by atoms with Crippen LogP contribution in [0.25, 0.3) is 0 Å². The molecular weight excluding hydrogens is 380 g/mol. The Morgan fingerprint density at radius 1 is 0.821 bits per heavy atom. The summed E-state index contributed by atoms with van der Waals surface area (Å²) in [5.41, 5.74) is 1.15. The fourth-order valence-corrected chi connectivity index (χ4v) is 3.79. The third-order valence-corrected chi connectivity index (χ3v) is 5.46. The molecule has 0 unspecified atom stereocenters. The number of rotatable bonds is 5. The molecule has 0 saturated heterocycles. The molecule has 7 nitrogen and oxygen atoms in total. The van der Waals surface area contributed by atoms with Crippen LogP contribution in [-0.2, 0) is 10.0 Å². The summed E-state index contributed by atoms with van der Waals surface area (Å²) in [7, 11) is -3.73. The average molecular weight is 396 g/mol. The molecule has 1 heterocycles. The average Bonchev–Trinajstić information content (AvgIpc) is 3.16. The van der Waals surface area contributed by atoms with Crippen molar-refractivity contribution in [2.24, 2.45) is 0 Å². The van der Waals surface area contributed by atoms with Crippen LogP contribution in [0.4, 0.5) is 11.4 Å². The topological polar surface area (TPSA) is 93.7 Å². The van der Waals surface area contributed by atoms with E-state index in [1.54, 1.807) is 54.6 Å². The molecule has 1 aliphatic heterocycles. The van der Waals surface area contributed by atoms with Crippen molar-refractivity contribution < 1.29 is 22.7 Å². The van der Waals surface area contributed by atoms with Crippen molar-refractivity contribution in [3.05, 3.63) is 78.4 Å². The lowest BCUT2D eigenvalue weighted by atomic mass is 10.2. The lowest BCUT2D eigenvalue weighted by Gasteiger charge is -2.10. The quantitative estimate of drug-likeness (QED) is 0.689. The van der Waals surface area contributed by atoms with Crippen molar-refractivity contribution in [3.63, 3.8) is 0 Å². The molecule has 0 saturated carbocycles. The normalized spacial score (nSPS) is 12.4. The number of amides is 1. The van der Waals surface area contributed by atoms with Gasteiger partial charge in [0.2, 0.25) is 6.79 Å². The Labute approximate surface area is 162 Å². The number of anilines is 2. The summed E-state index contributed by atoms with van der Waals surface area (Å²) in [6, 6.07) is 19.4. The molecule has 1 amide bonds. The van der Waals surface area contributed by atoms with Crippen molar-refractivity contribution >= 4 is 27.3 Å². The van der Waals surface area contributed by atoms with Gasteiger partial charge in [-0.1, -0.05) is 24.3 Å². The molecule has 0 aromatic heterocycles. The van der Waals surface area contributed by atoms with Gasteiger partial charge in [-0.15, -0.1) is 0 Å². The van der Waals surface area contributed by atoms with Gasteiger partial charge in [-0.05, 0) is 42.5 Å². The van der Waals surface area contributed by atoms with E-state index in [2.05, 4.69) is 10.0 Å². The summed E-state index contributed by atoms with van der Waals surface area (Å²) in [4.78, 5) is 12.7. The summed E-state index contributed by atoms with van der Waals surface area (Å²) in [6.45, 7) is 0.149. The molecule has 0 spiro atoms. The zero-order chi connectivity index (χ0) is 19.6. The van der Waals surface area contributed by atoms with Gasteiger partial charge in [0.1, 0.15) is 0 Å². The fraction of sp³-hybridized carbons (Fsp3) is 0.0500. The fourth-order valence-electron chi connectivity index (χ4n) is 2.72. The van der Waals surface area contributed by atoms with E-state index in [1.807, 2.05) is 0 Å². The Morgan fingerprint density at radius 2 is 1.61 bits per heavy atom. The van der Waals surface area contributed by atoms with Crippen LogP contribution in [0.5, 0.6) is 11.5 Å². The standard InChI is InChI=1S/C20H16N2O5S/c23-20(21-15-9-10-18-19(12-15)27-13-26-18)14-5-4-6-16(11-14)22-28(24,25)17-7-2-1-3-8-17/h1-12,22H,13H2,(H,21,23). The molecular formula is C20H16N2O5S. The molecule has 0 bridgehead atoms. The van der Waals surface area contributed by atoms with Gasteiger partial charge in [0.25, 0.3) is 15.9 Å². The minimum Gasteiger partial charge on any atom is -0.454 e. The van der Waals surface area contributed by atoms with E-state index in [0.717, 1.165) is 0 Å². The zero-order valence-electron chi connectivity index (χ0n) is 14.6. The molecule has 0 aliphatic carbocycles. The first kappa shape index (κ1) is 17.9. The number of nitrogens with one attached hydrogen (secondary N) is 2. The minimum atomic E-state index is -3.73. The van der Waals surface area contributed by atoms with Gasteiger partial charge < -0.3 is 14.8 Å². The van der Waals surface area contributed by atoms with E-state index in [4.69, 9.17) is 9.47 Å². The monoisotopic (exact) mass is 396 g/mol. The van der Waals surface area contributed by atoms with Crippen LogP contribution in [0.15, 0.2) is 77.7 Å². The van der Waals surface area contributed by atoms with Gasteiger partial charge in [-0.3, -0.25) is 9.52 Å². The van der Waals surface area contributed by atoms with Crippen molar-refractivity contribution in [1.82, 2.24) is 0 Å². The molecule has 4 rings (SSSR count). The van der Waals surface area contributed by atoms with Crippen LogP contribution in [-0.4, -0.2) is 21.1 Å². The van der Waals surface area contributed by atoms with E-state index >= 15 is 0 Å². The van der Waals surface area contributed by atoms with Crippen molar-refractivity contribution in [2.45, 2.75) is 4.90 Å². The second-order valence-corrected chi connectivity index (χ2v) is 7.70. The zero-order valence-corrected chi connectivity index (χ0v) is 15.4. The first-order chi connectivity index (χ1) is 13.5. The van der Waals surface area contributed by atoms with Gasteiger partial charge in [0.15, 0.2) is 11.5 Å². The maximum absolute atomic E-state index is 12.5. The molecule has 142 valence electrons. The van der Waals surface area contributed by atoms with Gasteiger partial charge in [0, 0.05) is 23.0 Å². The van der Waals surface area contributed by atoms with Crippen LogP contribution in [0.3, 0.4) is 0 Å². The predicted molar refractivity (Wildman–Crippen MR) is 104 cm³/mol. The van der Waals surface area contributed by atoms with Crippen molar-refractivity contribution in [2.75, 3.05) is 16.8 Å².